The molecule has 0 unspecified atom stereocenters. The molecule has 25 heavy (non-hydrogen) atoms. The van der Waals surface area contributed by atoms with Crippen molar-refractivity contribution in [3.05, 3.63) is 54.3 Å². The van der Waals surface area contributed by atoms with Crippen LogP contribution in [0, 0.1) is 0 Å². The van der Waals surface area contributed by atoms with Crippen LogP contribution in [0.4, 0.5) is 0 Å². The van der Waals surface area contributed by atoms with Crippen molar-refractivity contribution in [2.24, 2.45) is 0 Å². The minimum atomic E-state index is -0.382. The number of benzene rings is 1. The molecule has 7 heteroatoms. The lowest BCUT2D eigenvalue weighted by Crippen LogP contribution is -2.24. The Morgan fingerprint density at radius 3 is 3.08 bits per heavy atom. The van der Waals surface area contributed by atoms with E-state index in [1.54, 1.807) is 25.7 Å². The molecule has 0 amide bonds. The first-order valence-electron chi connectivity index (χ1n) is 8.14. The fourth-order valence-corrected chi connectivity index (χ4v) is 3.25. The quantitative estimate of drug-likeness (QED) is 0.763. The number of nitrogens with zero attached hydrogens (tertiary/aromatic N) is 3. The molecule has 0 saturated carbocycles. The predicted octanol–water partition coefficient (Wildman–Crippen LogP) is 2.65. The zero-order valence-electron chi connectivity index (χ0n) is 13.8. The van der Waals surface area contributed by atoms with Crippen molar-refractivity contribution in [2.75, 3.05) is 13.7 Å². The Balaban J connectivity index is 1.54. The van der Waals surface area contributed by atoms with Crippen LogP contribution in [0.1, 0.15) is 23.9 Å². The lowest BCUT2D eigenvalue weighted by atomic mass is 10.0. The highest BCUT2D eigenvalue weighted by molar-refractivity contribution is 5.51. The van der Waals surface area contributed by atoms with Gasteiger partial charge in [0.15, 0.2) is 0 Å². The highest BCUT2D eigenvalue weighted by Gasteiger charge is 2.33. The summed E-state index contributed by atoms with van der Waals surface area (Å²) >= 11 is 0. The number of aliphatic hydroxyl groups is 1. The van der Waals surface area contributed by atoms with Gasteiger partial charge in [0.2, 0.25) is 11.7 Å². The minimum absolute atomic E-state index is 0.0781. The number of aromatic nitrogens is 2. The molecule has 0 bridgehead atoms. The van der Waals surface area contributed by atoms with Crippen molar-refractivity contribution >= 4 is 0 Å². The van der Waals surface area contributed by atoms with Crippen LogP contribution < -0.4 is 4.74 Å². The first-order valence-corrected chi connectivity index (χ1v) is 8.14. The lowest BCUT2D eigenvalue weighted by molar-refractivity contribution is 0.164. The Labute approximate surface area is 144 Å². The summed E-state index contributed by atoms with van der Waals surface area (Å²) in [5, 5.41) is 14.1. The maximum absolute atomic E-state index is 10.1. The van der Waals surface area contributed by atoms with Crippen molar-refractivity contribution in [3.63, 3.8) is 0 Å². The van der Waals surface area contributed by atoms with Crippen LogP contribution in [-0.4, -0.2) is 39.9 Å². The molecule has 130 valence electrons. The maximum Gasteiger partial charge on any atom is 0.241 e. The normalized spacial score (nSPS) is 20.9. The summed E-state index contributed by atoms with van der Waals surface area (Å²) in [5.74, 6) is 1.82. The fraction of sp³-hybridized carbons (Fsp3) is 0.333. The average molecular weight is 341 g/mol. The second-order valence-corrected chi connectivity index (χ2v) is 6.14. The van der Waals surface area contributed by atoms with Gasteiger partial charge in [-0.05, 0) is 30.2 Å². The highest BCUT2D eigenvalue weighted by atomic mass is 16.5. The van der Waals surface area contributed by atoms with Gasteiger partial charge in [-0.2, -0.15) is 4.98 Å². The zero-order valence-corrected chi connectivity index (χ0v) is 13.8. The van der Waals surface area contributed by atoms with Gasteiger partial charge < -0.3 is 18.8 Å². The highest BCUT2D eigenvalue weighted by Crippen LogP contribution is 2.34. The van der Waals surface area contributed by atoms with Crippen molar-refractivity contribution in [1.82, 2.24) is 15.0 Å². The van der Waals surface area contributed by atoms with Gasteiger partial charge in [-0.15, -0.1) is 0 Å². The van der Waals surface area contributed by atoms with Gasteiger partial charge in [0, 0.05) is 12.6 Å². The first kappa shape index (κ1) is 15.9. The number of hydrogen-bond donors (Lipinski definition) is 1. The number of aliphatic hydroxyl groups excluding tert-OH is 1. The summed E-state index contributed by atoms with van der Waals surface area (Å²) in [6.45, 7) is 1.04. The molecule has 0 spiro atoms. The Bertz CT molecular complexity index is 830. The van der Waals surface area contributed by atoms with Crippen molar-refractivity contribution in [3.8, 4) is 17.1 Å². The predicted molar refractivity (Wildman–Crippen MR) is 88.8 cm³/mol. The summed E-state index contributed by atoms with van der Waals surface area (Å²) in [6, 6.07) is 9.78. The van der Waals surface area contributed by atoms with Crippen LogP contribution in [0.25, 0.3) is 11.4 Å². The van der Waals surface area contributed by atoms with Crippen LogP contribution in [0.5, 0.6) is 5.75 Å². The molecule has 0 aliphatic carbocycles. The standard InChI is InChI=1S/C18H19N3O4/c1-23-15-4-2-3-12(7-15)16-8-14(22)9-21(16)10-17-19-18(20-25-17)13-5-6-24-11-13/h2-7,11,14,16,22H,8-10H2,1H3/t14-,16-/m0/s1. The second kappa shape index (κ2) is 6.70. The van der Waals surface area contributed by atoms with E-state index in [9.17, 15) is 5.11 Å². The lowest BCUT2D eigenvalue weighted by Gasteiger charge is -2.23. The molecule has 3 heterocycles. The number of rotatable bonds is 5. The molecular formula is C18H19N3O4. The summed E-state index contributed by atoms with van der Waals surface area (Å²) in [5.41, 5.74) is 1.88. The van der Waals surface area contributed by atoms with Gasteiger partial charge >= 0.3 is 0 Å². The molecule has 3 aromatic rings. The molecule has 1 aliphatic rings. The summed E-state index contributed by atoms with van der Waals surface area (Å²) < 4.78 is 15.7. The minimum Gasteiger partial charge on any atom is -0.497 e. The molecule has 0 radical (unpaired) electrons. The van der Waals surface area contributed by atoms with Crippen molar-refractivity contribution in [1.29, 1.82) is 0 Å². The third-order valence-electron chi connectivity index (χ3n) is 4.45. The monoisotopic (exact) mass is 341 g/mol. The number of methoxy groups -OCH3 is 1. The Kier molecular flexibility index (Phi) is 4.25. The number of ether oxygens (including phenoxy) is 1. The number of likely N-dealkylation sites (tertiary alicyclic amines) is 1. The molecule has 1 saturated heterocycles. The van der Waals surface area contributed by atoms with Crippen LogP contribution in [-0.2, 0) is 6.54 Å². The largest absolute Gasteiger partial charge is 0.497 e. The van der Waals surface area contributed by atoms with E-state index in [4.69, 9.17) is 13.7 Å². The third kappa shape index (κ3) is 3.29. The summed E-state index contributed by atoms with van der Waals surface area (Å²) in [4.78, 5) is 6.56. The van der Waals surface area contributed by atoms with E-state index in [0.29, 0.717) is 31.2 Å². The smallest absolute Gasteiger partial charge is 0.241 e. The van der Waals surface area contributed by atoms with E-state index in [0.717, 1.165) is 16.9 Å². The van der Waals surface area contributed by atoms with Crippen LogP contribution in [0.15, 0.2) is 51.8 Å². The molecule has 1 aromatic carbocycles. The van der Waals surface area contributed by atoms with Crippen LogP contribution in [0.2, 0.25) is 0 Å². The van der Waals surface area contributed by atoms with Crippen molar-refractivity contribution < 1.29 is 18.8 Å². The van der Waals surface area contributed by atoms with Crippen molar-refractivity contribution in [2.45, 2.75) is 25.1 Å². The van der Waals surface area contributed by atoms with Gasteiger partial charge in [-0.1, -0.05) is 17.3 Å². The molecule has 1 fully saturated rings. The number of hydrogen-bond acceptors (Lipinski definition) is 7. The van der Waals surface area contributed by atoms with E-state index < -0.39 is 0 Å². The molecule has 1 aliphatic heterocycles. The number of furan rings is 1. The molecular weight excluding hydrogens is 322 g/mol. The zero-order chi connectivity index (χ0) is 17.2. The second-order valence-electron chi connectivity index (χ2n) is 6.14. The van der Waals surface area contributed by atoms with Gasteiger partial charge in [-0.25, -0.2) is 0 Å². The van der Waals surface area contributed by atoms with Gasteiger partial charge in [0.05, 0.1) is 31.6 Å². The van der Waals surface area contributed by atoms with Gasteiger partial charge in [-0.3, -0.25) is 4.90 Å². The van der Waals surface area contributed by atoms with Gasteiger partial charge in [0.1, 0.15) is 12.0 Å². The Morgan fingerprint density at radius 2 is 2.28 bits per heavy atom. The first-order chi connectivity index (χ1) is 12.2. The van der Waals surface area contributed by atoms with Crippen LogP contribution >= 0.6 is 0 Å². The molecule has 2 aromatic heterocycles. The van der Waals surface area contributed by atoms with E-state index >= 15 is 0 Å². The summed E-state index contributed by atoms with van der Waals surface area (Å²) in [6.07, 6.45) is 3.43. The average Bonchev–Trinajstić information content (AvgIpc) is 3.36. The number of β-amino-alcohol motifs (C(OH)–C–C–N with tert-alkyl or cyclic N) is 1. The molecule has 1 N–H and O–H groups in total. The van der Waals surface area contributed by atoms with E-state index in [-0.39, 0.29) is 12.1 Å². The topological polar surface area (TPSA) is 84.8 Å². The Morgan fingerprint density at radius 1 is 1.36 bits per heavy atom. The van der Waals surface area contributed by atoms with Crippen LogP contribution in [0.3, 0.4) is 0 Å². The molecule has 7 nitrogen and oxygen atoms in total. The Hall–Kier alpha value is -2.64. The SMILES string of the molecule is COc1cccc([C@@H]2C[C@H](O)CN2Cc2nc(-c3ccoc3)no2)c1. The summed E-state index contributed by atoms with van der Waals surface area (Å²) in [7, 11) is 1.65. The van der Waals surface area contributed by atoms with E-state index in [1.807, 2.05) is 24.3 Å². The van der Waals surface area contributed by atoms with E-state index in [1.165, 1.54) is 0 Å². The fourth-order valence-electron chi connectivity index (χ4n) is 3.25. The maximum atomic E-state index is 10.1. The van der Waals surface area contributed by atoms with E-state index in [2.05, 4.69) is 15.0 Å². The van der Waals surface area contributed by atoms with Gasteiger partial charge in [0.25, 0.3) is 0 Å². The molecule has 4 rings (SSSR count). The third-order valence-corrected chi connectivity index (χ3v) is 4.45. The molecule has 2 atom stereocenters.